The lowest BCUT2D eigenvalue weighted by Crippen LogP contribution is -2.59. The number of rotatable bonds is 34. The van der Waals surface area contributed by atoms with Crippen molar-refractivity contribution in [3.05, 3.63) is 54.2 Å². The Labute approximate surface area is 440 Å². The van der Waals surface area contributed by atoms with Crippen molar-refractivity contribution >= 4 is 81.7 Å². The lowest BCUT2D eigenvalue weighted by atomic mass is 10.0. The van der Waals surface area contributed by atoms with Gasteiger partial charge in [-0.3, -0.25) is 47.9 Å². The third-order valence-corrected chi connectivity index (χ3v) is 12.7. The number of nitrogens with two attached hydrogens (primary N) is 4. The van der Waals surface area contributed by atoms with Crippen molar-refractivity contribution in [1.29, 1.82) is 0 Å². The molecule has 75 heavy (non-hydrogen) atoms. The molecule has 18 N–H and O–H groups in total. The average molecular weight is 1070 g/mol. The molecule has 0 spiro atoms. The fourth-order valence-corrected chi connectivity index (χ4v) is 8.26. The number of hydrogen-bond acceptors (Lipinski definition) is 14. The van der Waals surface area contributed by atoms with E-state index in [1.54, 1.807) is 26.1 Å². The van der Waals surface area contributed by atoms with Crippen LogP contribution in [0, 0.1) is 11.8 Å². The van der Waals surface area contributed by atoms with Crippen LogP contribution < -0.4 is 65.5 Å². The minimum Gasteiger partial charge on any atom is -0.370 e. The Morgan fingerprint density at radius 3 is 1.92 bits per heavy atom. The molecule has 10 amide bonds. The lowest BCUT2D eigenvalue weighted by molar-refractivity contribution is -0.135. The molecule has 25 nitrogen and oxygen atoms in total. The highest BCUT2D eigenvalue weighted by Crippen LogP contribution is 2.20. The molecule has 0 aliphatic heterocycles. The van der Waals surface area contributed by atoms with E-state index in [4.69, 9.17) is 22.9 Å². The topological polar surface area (TPSA) is 415 Å². The number of benzene rings is 1. The zero-order chi connectivity index (χ0) is 55.8. The highest BCUT2D eigenvalue weighted by Gasteiger charge is 2.34. The Morgan fingerprint density at radius 2 is 1.29 bits per heavy atom. The third-order valence-electron chi connectivity index (χ3n) is 12.0. The molecule has 26 heteroatoms. The summed E-state index contributed by atoms with van der Waals surface area (Å²) < 4.78 is 0. The Balaban J connectivity index is 1.75. The molecule has 1 aromatic carbocycles. The van der Waals surface area contributed by atoms with Crippen molar-refractivity contribution in [1.82, 2.24) is 57.5 Å². The van der Waals surface area contributed by atoms with E-state index in [2.05, 4.69) is 57.5 Å². The van der Waals surface area contributed by atoms with Gasteiger partial charge in [0.25, 0.3) is 0 Å². The number of nitrogens with one attached hydrogen (secondary N) is 10. The van der Waals surface area contributed by atoms with Crippen LogP contribution in [-0.4, -0.2) is 147 Å². The van der Waals surface area contributed by atoms with Crippen LogP contribution >= 0.6 is 11.8 Å². The molecular formula is C49H77N15O10S. The second-order valence-electron chi connectivity index (χ2n) is 19.1. The molecule has 0 saturated carbocycles. The molecule has 0 bridgehead atoms. The van der Waals surface area contributed by atoms with E-state index < -0.39 is 120 Å². The van der Waals surface area contributed by atoms with Crippen LogP contribution in [0.4, 0.5) is 0 Å². The first-order valence-corrected chi connectivity index (χ1v) is 26.4. The number of para-hydroxylation sites is 1. The summed E-state index contributed by atoms with van der Waals surface area (Å²) in [4.78, 5) is 143. The number of carbonyl (C=O) groups is 10. The van der Waals surface area contributed by atoms with Gasteiger partial charge in [-0.1, -0.05) is 52.3 Å². The Morgan fingerprint density at radius 1 is 0.667 bits per heavy atom. The third kappa shape index (κ3) is 21.4. The monoisotopic (exact) mass is 1070 g/mol. The number of hydrogen-bond donors (Lipinski definition) is 14. The predicted octanol–water partition coefficient (Wildman–Crippen LogP) is -2.13. The van der Waals surface area contributed by atoms with Gasteiger partial charge in [-0.05, 0) is 81.0 Å². The van der Waals surface area contributed by atoms with Gasteiger partial charge < -0.3 is 75.4 Å². The molecule has 3 rings (SSSR count). The maximum Gasteiger partial charge on any atom is 0.243 e. The van der Waals surface area contributed by atoms with Gasteiger partial charge in [-0.15, -0.1) is 0 Å². The fourth-order valence-electron chi connectivity index (χ4n) is 7.79. The molecule has 3 aromatic rings. The highest BCUT2D eigenvalue weighted by molar-refractivity contribution is 7.98. The number of aromatic nitrogens is 3. The van der Waals surface area contributed by atoms with Gasteiger partial charge in [-0.2, -0.15) is 11.8 Å². The Bertz CT molecular complexity index is 2400. The molecule has 0 fully saturated rings. The van der Waals surface area contributed by atoms with Crippen molar-refractivity contribution < 1.29 is 47.9 Å². The number of imidazole rings is 1. The van der Waals surface area contributed by atoms with Crippen molar-refractivity contribution in [2.24, 2.45) is 34.8 Å². The van der Waals surface area contributed by atoms with Crippen molar-refractivity contribution in [3.8, 4) is 0 Å². The van der Waals surface area contributed by atoms with Gasteiger partial charge in [0, 0.05) is 48.3 Å². The minimum atomic E-state index is -1.35. The van der Waals surface area contributed by atoms with Crippen LogP contribution in [0.25, 0.3) is 10.9 Å². The van der Waals surface area contributed by atoms with Gasteiger partial charge in [0.2, 0.25) is 59.1 Å². The maximum atomic E-state index is 14.1. The number of fused-ring (bicyclic) bond motifs is 1. The number of H-pyrrole nitrogens is 2. The first-order chi connectivity index (χ1) is 35.5. The number of amides is 10. The molecule has 0 aliphatic rings. The summed E-state index contributed by atoms with van der Waals surface area (Å²) in [5.41, 5.74) is 24.4. The predicted molar refractivity (Wildman–Crippen MR) is 282 cm³/mol. The summed E-state index contributed by atoms with van der Waals surface area (Å²) in [5, 5.41) is 21.6. The quantitative estimate of drug-likeness (QED) is 0.0284. The second-order valence-corrected chi connectivity index (χ2v) is 20.1. The number of nitrogens with zero attached hydrogens (tertiary/aromatic N) is 1. The smallest absolute Gasteiger partial charge is 0.243 e. The molecule has 0 unspecified atom stereocenters. The second kappa shape index (κ2) is 31.6. The van der Waals surface area contributed by atoms with Crippen LogP contribution in [0.5, 0.6) is 0 Å². The molecular weight excluding hydrogens is 991 g/mol. The summed E-state index contributed by atoms with van der Waals surface area (Å²) in [6.07, 6.45) is 7.62. The van der Waals surface area contributed by atoms with E-state index in [1.807, 2.05) is 38.3 Å². The first-order valence-electron chi connectivity index (χ1n) is 25.0. The summed E-state index contributed by atoms with van der Waals surface area (Å²) >= 11 is 1.47. The Kier molecular flexibility index (Phi) is 26.2. The van der Waals surface area contributed by atoms with Gasteiger partial charge in [0.1, 0.15) is 42.3 Å². The zero-order valence-electron chi connectivity index (χ0n) is 43.5. The van der Waals surface area contributed by atoms with E-state index in [-0.39, 0.29) is 50.9 Å². The van der Waals surface area contributed by atoms with E-state index >= 15 is 0 Å². The normalized spacial score (nSPS) is 14.5. The van der Waals surface area contributed by atoms with Crippen molar-refractivity contribution in [2.45, 2.75) is 141 Å². The lowest BCUT2D eigenvalue weighted by Gasteiger charge is -2.27. The van der Waals surface area contributed by atoms with E-state index in [0.29, 0.717) is 36.4 Å². The van der Waals surface area contributed by atoms with Crippen LogP contribution in [-0.2, 0) is 60.8 Å². The fraction of sp³-hybridized carbons (Fsp3) is 0.571. The number of aromatic amines is 2. The SMILES string of the molecule is CSCC[C@H](NC(=O)[C@H](CC(C)C)NC(=O)[C@H](Cc1cnc[nH]1)NC(=O)CNC(=O)[C@@H](NC(=O)[C@H](C)NC(=O)[C@H](Cc1c[nH]c2ccccc12)NC(=O)[C@H](CCC(N)=O)NC(=O)[C@@H](N)CCCCN)C(C)C)C(N)=O. The van der Waals surface area contributed by atoms with E-state index in [9.17, 15) is 47.9 Å². The van der Waals surface area contributed by atoms with E-state index in [1.165, 1.54) is 31.2 Å². The van der Waals surface area contributed by atoms with Crippen molar-refractivity contribution in [2.75, 3.05) is 25.1 Å². The summed E-state index contributed by atoms with van der Waals surface area (Å²) in [6, 6.07) is -2.28. The number of unbranched alkanes of at least 4 members (excludes halogenated alkanes) is 1. The van der Waals surface area contributed by atoms with Crippen LogP contribution in [0.1, 0.15) is 90.8 Å². The number of carbonyl (C=O) groups excluding carboxylic acids is 10. The first kappa shape index (κ1) is 62.2. The van der Waals surface area contributed by atoms with E-state index in [0.717, 1.165) is 10.9 Å². The summed E-state index contributed by atoms with van der Waals surface area (Å²) in [5.74, 6) is -7.54. The molecule has 2 aromatic heterocycles. The molecule has 8 atom stereocenters. The average Bonchev–Trinajstić information content (AvgIpc) is 4.03. The Hall–Kier alpha value is -7.06. The van der Waals surface area contributed by atoms with Crippen LogP contribution in [0.2, 0.25) is 0 Å². The molecule has 0 radical (unpaired) electrons. The number of thioether (sulfide) groups is 1. The van der Waals surface area contributed by atoms with Crippen molar-refractivity contribution in [3.63, 3.8) is 0 Å². The van der Waals surface area contributed by atoms with Gasteiger partial charge in [0.05, 0.1) is 18.9 Å². The molecule has 2 heterocycles. The summed E-state index contributed by atoms with van der Waals surface area (Å²) in [6.45, 7) is 8.10. The summed E-state index contributed by atoms with van der Waals surface area (Å²) in [7, 11) is 0. The standard InChI is InChI=1S/C49H77N15O10S/c1-26(2)19-36(47(72)60-34(42(53)67)16-18-75-6)62-48(73)38(21-30-23-54-25-57-30)59-40(66)24-56-49(74)41(27(3)4)64-43(68)28(5)58-46(71)37(20-29-22-55-33-13-8-7-11-31(29)33)63-45(70)35(14-15-39(52)65)61-44(69)32(51)12-9-10-17-50/h7-8,11,13,22-23,25-28,32,34-38,41,55H,9-10,12,14-21,24,50-51H2,1-6H3,(H2,52,65)(H2,53,67)(H,54,57)(H,56,74)(H,58,71)(H,59,66)(H,60,72)(H,61,69)(H,62,73)(H,63,70)(H,64,68)/t28-,32-,34-,35-,36-,37-,38-,41-/m0/s1. The van der Waals surface area contributed by atoms with Crippen LogP contribution in [0.15, 0.2) is 43.0 Å². The molecule has 0 saturated heterocycles. The van der Waals surface area contributed by atoms with Crippen LogP contribution in [0.3, 0.4) is 0 Å². The van der Waals surface area contributed by atoms with Gasteiger partial charge in [-0.25, -0.2) is 4.98 Å². The molecule has 0 aliphatic carbocycles. The zero-order valence-corrected chi connectivity index (χ0v) is 44.4. The molecule has 414 valence electrons. The maximum absolute atomic E-state index is 14.1. The van der Waals surface area contributed by atoms with Gasteiger partial charge >= 0.3 is 0 Å². The van der Waals surface area contributed by atoms with Gasteiger partial charge in [0.15, 0.2) is 0 Å². The highest BCUT2D eigenvalue weighted by atomic mass is 32.2. The largest absolute Gasteiger partial charge is 0.370 e. The number of primary amides is 2. The minimum absolute atomic E-state index is 0.0756.